The maximum absolute atomic E-state index is 5.22. The number of nitrogens with zero attached hydrogens (tertiary/aromatic N) is 4. The summed E-state index contributed by atoms with van der Waals surface area (Å²) in [4.78, 5) is 8.16. The highest BCUT2D eigenvalue weighted by molar-refractivity contribution is 5.50. The van der Waals surface area contributed by atoms with Gasteiger partial charge < -0.3 is 5.43 Å². The number of nitrogens with two attached hydrogens (primary N) is 1. The zero-order valence-corrected chi connectivity index (χ0v) is 7.25. The lowest BCUT2D eigenvalue weighted by molar-refractivity contribution is 1.01. The Morgan fingerprint density at radius 2 is 2.14 bits per heavy atom. The van der Waals surface area contributed by atoms with Gasteiger partial charge in [-0.05, 0) is 12.1 Å². The molecule has 3 N–H and O–H groups in total. The average Bonchev–Trinajstić information content (AvgIpc) is 2.30. The molecule has 0 spiro atoms. The Hall–Kier alpha value is -2.08. The van der Waals surface area contributed by atoms with Gasteiger partial charge in [0.25, 0.3) is 0 Å². The fourth-order valence-electron chi connectivity index (χ4n) is 0.983. The zero-order valence-electron chi connectivity index (χ0n) is 7.25. The van der Waals surface area contributed by atoms with Crippen molar-refractivity contribution < 1.29 is 0 Å². The molecule has 0 atom stereocenters. The van der Waals surface area contributed by atoms with Crippen LogP contribution in [0.15, 0.2) is 30.6 Å². The summed E-state index contributed by atoms with van der Waals surface area (Å²) in [7, 11) is 0. The third-order valence-corrected chi connectivity index (χ3v) is 1.60. The van der Waals surface area contributed by atoms with Crippen molar-refractivity contribution in [3.63, 3.8) is 0 Å². The number of aromatic nitrogens is 4. The molecule has 0 aliphatic rings. The second kappa shape index (κ2) is 3.75. The first kappa shape index (κ1) is 8.52. The van der Waals surface area contributed by atoms with Gasteiger partial charge in [-0.1, -0.05) is 0 Å². The minimum Gasteiger partial charge on any atom is -0.308 e. The van der Waals surface area contributed by atoms with E-state index in [1.807, 2.05) is 0 Å². The van der Waals surface area contributed by atoms with E-state index in [-0.39, 0.29) is 0 Å². The molecule has 70 valence electrons. The van der Waals surface area contributed by atoms with E-state index in [1.54, 1.807) is 30.6 Å². The first-order chi connectivity index (χ1) is 6.90. The number of rotatable bonds is 2. The highest BCUT2D eigenvalue weighted by Gasteiger charge is 2.02. The molecule has 0 aliphatic heterocycles. The lowest BCUT2D eigenvalue weighted by atomic mass is 10.3. The summed E-state index contributed by atoms with van der Waals surface area (Å²) in [5.74, 6) is 6.26. The van der Waals surface area contributed by atoms with E-state index in [4.69, 9.17) is 5.84 Å². The van der Waals surface area contributed by atoms with Crippen molar-refractivity contribution in [3.05, 3.63) is 30.6 Å². The first-order valence-corrected chi connectivity index (χ1v) is 3.98. The molecule has 0 amide bonds. The van der Waals surface area contributed by atoms with Crippen molar-refractivity contribution in [3.8, 4) is 11.5 Å². The van der Waals surface area contributed by atoms with Crippen LogP contribution in [0.1, 0.15) is 0 Å². The predicted molar refractivity (Wildman–Crippen MR) is 50.9 cm³/mol. The van der Waals surface area contributed by atoms with E-state index in [0.717, 1.165) is 0 Å². The van der Waals surface area contributed by atoms with Crippen LogP contribution in [0, 0.1) is 0 Å². The van der Waals surface area contributed by atoms with Crippen LogP contribution in [0.3, 0.4) is 0 Å². The van der Waals surface area contributed by atoms with E-state index in [2.05, 4.69) is 25.6 Å². The molecule has 2 aromatic heterocycles. The fourth-order valence-corrected chi connectivity index (χ4v) is 0.983. The number of hydrogen-bond donors (Lipinski definition) is 2. The van der Waals surface area contributed by atoms with Gasteiger partial charge in [0.05, 0.1) is 0 Å². The Morgan fingerprint density at radius 3 is 2.86 bits per heavy atom. The second-order valence-electron chi connectivity index (χ2n) is 2.52. The van der Waals surface area contributed by atoms with Crippen LogP contribution in [0.4, 0.5) is 5.82 Å². The quantitative estimate of drug-likeness (QED) is 0.517. The molecule has 0 fully saturated rings. The lowest BCUT2D eigenvalue weighted by Crippen LogP contribution is -2.09. The van der Waals surface area contributed by atoms with Crippen LogP contribution in [0.2, 0.25) is 0 Å². The van der Waals surface area contributed by atoms with E-state index in [9.17, 15) is 0 Å². The van der Waals surface area contributed by atoms with Crippen molar-refractivity contribution >= 4 is 5.82 Å². The Bertz CT molecular complexity index is 415. The van der Waals surface area contributed by atoms with Crippen LogP contribution in [-0.2, 0) is 0 Å². The highest BCUT2D eigenvalue weighted by Crippen LogP contribution is 2.10. The van der Waals surface area contributed by atoms with Crippen LogP contribution in [-0.4, -0.2) is 20.2 Å². The van der Waals surface area contributed by atoms with Gasteiger partial charge in [-0.2, -0.15) is 5.10 Å². The van der Waals surface area contributed by atoms with E-state index >= 15 is 0 Å². The predicted octanol–water partition coefficient (Wildman–Crippen LogP) is 0.219. The average molecular weight is 188 g/mol. The molecule has 0 aromatic carbocycles. The molecule has 6 nitrogen and oxygen atoms in total. The molecule has 2 heterocycles. The molecule has 0 saturated heterocycles. The summed E-state index contributed by atoms with van der Waals surface area (Å²) in [6.45, 7) is 0. The van der Waals surface area contributed by atoms with Gasteiger partial charge in [-0.3, -0.25) is 0 Å². The van der Waals surface area contributed by atoms with Crippen LogP contribution in [0.5, 0.6) is 0 Å². The van der Waals surface area contributed by atoms with Gasteiger partial charge in [-0.25, -0.2) is 15.8 Å². The summed E-state index contributed by atoms with van der Waals surface area (Å²) in [5.41, 5.74) is 3.05. The van der Waals surface area contributed by atoms with Gasteiger partial charge in [0.15, 0.2) is 5.82 Å². The maximum atomic E-state index is 5.22. The standard InChI is InChI=1S/C8H8N6/c9-13-7-3-5-10-8(12-7)6-2-1-4-11-14-6/h1-5H,9H2,(H,10,12,13). The number of nitrogens with one attached hydrogen (secondary N) is 1. The van der Waals surface area contributed by atoms with Crippen LogP contribution >= 0.6 is 0 Å². The van der Waals surface area contributed by atoms with Gasteiger partial charge in [0, 0.05) is 18.5 Å². The topological polar surface area (TPSA) is 89.6 Å². The first-order valence-electron chi connectivity index (χ1n) is 3.98. The normalized spacial score (nSPS) is 9.79. The lowest BCUT2D eigenvalue weighted by Gasteiger charge is -2.00. The molecule has 2 rings (SSSR count). The van der Waals surface area contributed by atoms with Crippen molar-refractivity contribution in [2.45, 2.75) is 0 Å². The molecule has 14 heavy (non-hydrogen) atoms. The van der Waals surface area contributed by atoms with E-state index < -0.39 is 0 Å². The van der Waals surface area contributed by atoms with Gasteiger partial charge in [0.2, 0.25) is 0 Å². The molecule has 0 aliphatic carbocycles. The number of hydrazine groups is 1. The third-order valence-electron chi connectivity index (χ3n) is 1.60. The summed E-state index contributed by atoms with van der Waals surface area (Å²) in [6.07, 6.45) is 3.20. The van der Waals surface area contributed by atoms with E-state index in [0.29, 0.717) is 17.3 Å². The molecule has 0 saturated carbocycles. The number of anilines is 1. The fraction of sp³-hybridized carbons (Fsp3) is 0. The van der Waals surface area contributed by atoms with Gasteiger partial charge >= 0.3 is 0 Å². The summed E-state index contributed by atoms with van der Waals surface area (Å²) in [6, 6.07) is 5.22. The number of nitrogen functional groups attached to an aromatic ring is 1. The second-order valence-corrected chi connectivity index (χ2v) is 2.52. The monoisotopic (exact) mass is 188 g/mol. The summed E-state index contributed by atoms with van der Waals surface area (Å²) in [5, 5.41) is 7.62. The summed E-state index contributed by atoms with van der Waals surface area (Å²) < 4.78 is 0. The molecule has 2 aromatic rings. The summed E-state index contributed by atoms with van der Waals surface area (Å²) >= 11 is 0. The molecule has 0 radical (unpaired) electrons. The Morgan fingerprint density at radius 1 is 1.21 bits per heavy atom. The minimum absolute atomic E-state index is 0.494. The molecule has 0 unspecified atom stereocenters. The zero-order chi connectivity index (χ0) is 9.80. The Balaban J connectivity index is 2.42. The number of hydrogen-bond acceptors (Lipinski definition) is 6. The third kappa shape index (κ3) is 1.64. The molecule has 0 bridgehead atoms. The van der Waals surface area contributed by atoms with Gasteiger partial charge in [-0.15, -0.1) is 5.10 Å². The SMILES string of the molecule is NNc1ccnc(-c2cccnn2)n1. The highest BCUT2D eigenvalue weighted by atomic mass is 15.3. The van der Waals surface area contributed by atoms with E-state index in [1.165, 1.54) is 0 Å². The molecular weight excluding hydrogens is 180 g/mol. The largest absolute Gasteiger partial charge is 0.308 e. The Kier molecular flexibility index (Phi) is 2.28. The maximum Gasteiger partial charge on any atom is 0.182 e. The van der Waals surface area contributed by atoms with Crippen molar-refractivity contribution in [2.24, 2.45) is 5.84 Å². The molecular formula is C8H8N6. The van der Waals surface area contributed by atoms with Crippen LogP contribution in [0.25, 0.3) is 11.5 Å². The van der Waals surface area contributed by atoms with Crippen molar-refractivity contribution in [1.29, 1.82) is 0 Å². The van der Waals surface area contributed by atoms with Crippen molar-refractivity contribution in [1.82, 2.24) is 20.2 Å². The Labute approximate surface area is 80.2 Å². The molecule has 6 heteroatoms. The van der Waals surface area contributed by atoms with Crippen molar-refractivity contribution in [2.75, 3.05) is 5.43 Å². The smallest absolute Gasteiger partial charge is 0.182 e. The minimum atomic E-state index is 0.494. The van der Waals surface area contributed by atoms with Crippen LogP contribution < -0.4 is 11.3 Å². The van der Waals surface area contributed by atoms with Gasteiger partial charge in [0.1, 0.15) is 11.5 Å².